The molecular weight excluding hydrogens is 194 g/mol. The molecule has 4 heteroatoms. The highest BCUT2D eigenvalue weighted by Crippen LogP contribution is 2.25. The summed E-state index contributed by atoms with van der Waals surface area (Å²) in [6, 6.07) is 0. The first kappa shape index (κ1) is 10.6. The Morgan fingerprint density at radius 2 is 2.07 bits per heavy atom. The quantitative estimate of drug-likeness (QED) is 0.732. The molecule has 0 saturated carbocycles. The molecule has 4 nitrogen and oxygen atoms in total. The zero-order valence-corrected chi connectivity index (χ0v) is 8.83. The van der Waals surface area contributed by atoms with Crippen LogP contribution in [0.15, 0.2) is 11.8 Å². The van der Waals surface area contributed by atoms with E-state index in [1.165, 1.54) is 0 Å². The Kier molecular flexibility index (Phi) is 3.07. The van der Waals surface area contributed by atoms with Crippen molar-refractivity contribution in [2.45, 2.75) is 31.2 Å². The van der Waals surface area contributed by atoms with Gasteiger partial charge in [0.2, 0.25) is 0 Å². The van der Waals surface area contributed by atoms with Gasteiger partial charge in [0.15, 0.2) is 5.78 Å². The van der Waals surface area contributed by atoms with Gasteiger partial charge in [0, 0.05) is 18.8 Å². The first-order valence-corrected chi connectivity index (χ1v) is 5.44. The van der Waals surface area contributed by atoms with Crippen LogP contribution in [-0.2, 0) is 14.3 Å². The summed E-state index contributed by atoms with van der Waals surface area (Å²) in [5, 5.41) is 0. The summed E-state index contributed by atoms with van der Waals surface area (Å²) < 4.78 is 10.4. The molecule has 0 aromatic carbocycles. The zero-order chi connectivity index (χ0) is 10.7. The molecule has 2 heterocycles. The number of carbonyl (C=O) groups excluding carboxylic acids is 1. The summed E-state index contributed by atoms with van der Waals surface area (Å²) in [5.74, 6) is 0.0468. The maximum atomic E-state index is 12.1. The molecule has 2 N–H and O–H groups in total. The fourth-order valence-corrected chi connectivity index (χ4v) is 2.01. The smallest absolute Gasteiger partial charge is 0.181 e. The molecule has 2 aliphatic rings. The molecule has 2 aliphatic heterocycles. The van der Waals surface area contributed by atoms with Gasteiger partial charge in [-0.05, 0) is 25.7 Å². The van der Waals surface area contributed by atoms with Crippen LogP contribution in [0.1, 0.15) is 25.7 Å². The van der Waals surface area contributed by atoms with E-state index in [-0.39, 0.29) is 5.78 Å². The molecule has 0 unspecified atom stereocenters. The average molecular weight is 211 g/mol. The lowest BCUT2D eigenvalue weighted by molar-refractivity contribution is -0.124. The monoisotopic (exact) mass is 211 g/mol. The second-order valence-corrected chi connectivity index (χ2v) is 4.22. The Morgan fingerprint density at radius 1 is 1.33 bits per heavy atom. The molecule has 0 spiro atoms. The first-order chi connectivity index (χ1) is 7.22. The van der Waals surface area contributed by atoms with Crippen LogP contribution >= 0.6 is 0 Å². The van der Waals surface area contributed by atoms with E-state index in [1.54, 1.807) is 6.26 Å². The van der Waals surface area contributed by atoms with Crippen molar-refractivity contribution in [1.82, 2.24) is 0 Å². The van der Waals surface area contributed by atoms with Crippen molar-refractivity contribution in [3.8, 4) is 0 Å². The summed E-state index contributed by atoms with van der Waals surface area (Å²) in [5.41, 5.74) is 6.13. The van der Waals surface area contributed by atoms with E-state index in [0.29, 0.717) is 32.7 Å². The minimum Gasteiger partial charge on any atom is -0.501 e. The highest BCUT2D eigenvalue weighted by molar-refractivity contribution is 6.02. The SMILES string of the molecule is NC1(C(=O)C2=COCCC2)CCOCC1. The summed E-state index contributed by atoms with van der Waals surface area (Å²) in [6.07, 6.45) is 4.51. The molecular formula is C11H17NO3. The third-order valence-corrected chi connectivity index (χ3v) is 3.06. The third kappa shape index (κ3) is 2.21. The van der Waals surface area contributed by atoms with Crippen molar-refractivity contribution >= 4 is 5.78 Å². The molecule has 84 valence electrons. The van der Waals surface area contributed by atoms with E-state index in [9.17, 15) is 4.79 Å². The Labute approximate surface area is 89.4 Å². The lowest BCUT2D eigenvalue weighted by Crippen LogP contribution is -2.52. The van der Waals surface area contributed by atoms with Gasteiger partial charge in [0.25, 0.3) is 0 Å². The van der Waals surface area contributed by atoms with Crippen molar-refractivity contribution in [3.05, 3.63) is 11.8 Å². The molecule has 1 saturated heterocycles. The van der Waals surface area contributed by atoms with E-state index in [0.717, 1.165) is 18.4 Å². The van der Waals surface area contributed by atoms with Crippen LogP contribution in [0, 0.1) is 0 Å². The second-order valence-electron chi connectivity index (χ2n) is 4.22. The van der Waals surface area contributed by atoms with Crippen LogP contribution in [0.5, 0.6) is 0 Å². The molecule has 15 heavy (non-hydrogen) atoms. The third-order valence-electron chi connectivity index (χ3n) is 3.06. The number of Topliss-reactive ketones (excluding diaryl/α,β-unsaturated/α-hetero) is 1. The average Bonchev–Trinajstić information content (AvgIpc) is 2.30. The Morgan fingerprint density at radius 3 is 2.67 bits per heavy atom. The largest absolute Gasteiger partial charge is 0.501 e. The van der Waals surface area contributed by atoms with Gasteiger partial charge in [-0.2, -0.15) is 0 Å². The zero-order valence-electron chi connectivity index (χ0n) is 8.83. The summed E-state index contributed by atoms with van der Waals surface area (Å²) >= 11 is 0. The van der Waals surface area contributed by atoms with Crippen LogP contribution in [0.2, 0.25) is 0 Å². The van der Waals surface area contributed by atoms with Gasteiger partial charge in [0.05, 0.1) is 18.4 Å². The standard InChI is InChI=1S/C11H17NO3/c12-11(3-6-14-7-4-11)10(13)9-2-1-5-15-8-9/h8H,1-7,12H2. The number of hydrogen-bond acceptors (Lipinski definition) is 4. The minimum absolute atomic E-state index is 0.0468. The van der Waals surface area contributed by atoms with Gasteiger partial charge >= 0.3 is 0 Å². The molecule has 0 radical (unpaired) electrons. The highest BCUT2D eigenvalue weighted by Gasteiger charge is 2.37. The maximum Gasteiger partial charge on any atom is 0.181 e. The van der Waals surface area contributed by atoms with E-state index in [2.05, 4.69) is 0 Å². The van der Waals surface area contributed by atoms with Gasteiger partial charge in [-0.1, -0.05) is 0 Å². The molecule has 0 aliphatic carbocycles. The topological polar surface area (TPSA) is 61.6 Å². The number of ether oxygens (including phenoxy) is 2. The van der Waals surface area contributed by atoms with Gasteiger partial charge in [-0.25, -0.2) is 0 Å². The number of nitrogens with two attached hydrogens (primary N) is 1. The van der Waals surface area contributed by atoms with Crippen molar-refractivity contribution < 1.29 is 14.3 Å². The first-order valence-electron chi connectivity index (χ1n) is 5.44. The number of rotatable bonds is 2. The lowest BCUT2D eigenvalue weighted by atomic mass is 9.82. The van der Waals surface area contributed by atoms with Gasteiger partial charge in [0.1, 0.15) is 0 Å². The Hall–Kier alpha value is -0.870. The number of hydrogen-bond donors (Lipinski definition) is 1. The van der Waals surface area contributed by atoms with Crippen molar-refractivity contribution in [1.29, 1.82) is 0 Å². The Bertz CT molecular complexity index is 280. The van der Waals surface area contributed by atoms with Crippen molar-refractivity contribution in [2.75, 3.05) is 19.8 Å². The predicted molar refractivity (Wildman–Crippen MR) is 55.2 cm³/mol. The maximum absolute atomic E-state index is 12.1. The summed E-state index contributed by atoms with van der Waals surface area (Å²) in [7, 11) is 0. The lowest BCUT2D eigenvalue weighted by Gasteiger charge is -2.33. The van der Waals surface area contributed by atoms with E-state index >= 15 is 0 Å². The van der Waals surface area contributed by atoms with Crippen molar-refractivity contribution in [3.63, 3.8) is 0 Å². The van der Waals surface area contributed by atoms with Gasteiger partial charge in [-0.3, -0.25) is 4.79 Å². The predicted octanol–water partition coefficient (Wildman–Crippen LogP) is 0.758. The molecule has 0 atom stereocenters. The van der Waals surface area contributed by atoms with Crippen molar-refractivity contribution in [2.24, 2.45) is 5.73 Å². The van der Waals surface area contributed by atoms with Gasteiger partial charge in [-0.15, -0.1) is 0 Å². The van der Waals surface area contributed by atoms with E-state index in [1.807, 2.05) is 0 Å². The molecule has 0 aromatic heterocycles. The molecule has 1 fully saturated rings. The normalized spacial score (nSPS) is 25.3. The van der Waals surface area contributed by atoms with Crippen LogP contribution in [-0.4, -0.2) is 31.1 Å². The van der Waals surface area contributed by atoms with E-state index in [4.69, 9.17) is 15.2 Å². The van der Waals surface area contributed by atoms with Crippen LogP contribution in [0.25, 0.3) is 0 Å². The summed E-state index contributed by atoms with van der Waals surface area (Å²) in [4.78, 5) is 12.1. The van der Waals surface area contributed by atoms with Crippen LogP contribution < -0.4 is 5.73 Å². The number of carbonyl (C=O) groups is 1. The van der Waals surface area contributed by atoms with E-state index < -0.39 is 5.54 Å². The minimum atomic E-state index is -0.717. The number of ketones is 1. The molecule has 0 bridgehead atoms. The molecule has 2 rings (SSSR count). The second kappa shape index (κ2) is 4.33. The summed E-state index contributed by atoms with van der Waals surface area (Å²) in [6.45, 7) is 1.87. The molecule has 0 amide bonds. The highest BCUT2D eigenvalue weighted by atomic mass is 16.5. The van der Waals surface area contributed by atoms with Gasteiger partial charge < -0.3 is 15.2 Å². The Balaban J connectivity index is 2.08. The molecule has 0 aromatic rings. The fraction of sp³-hybridized carbons (Fsp3) is 0.727. The fourth-order valence-electron chi connectivity index (χ4n) is 2.01. The van der Waals surface area contributed by atoms with Crippen LogP contribution in [0.4, 0.5) is 0 Å². The van der Waals surface area contributed by atoms with Crippen LogP contribution in [0.3, 0.4) is 0 Å².